The first-order valence-corrected chi connectivity index (χ1v) is 12.3. The van der Waals surface area contributed by atoms with Gasteiger partial charge in [-0.3, -0.25) is 9.69 Å². The van der Waals surface area contributed by atoms with Crippen molar-refractivity contribution in [1.82, 2.24) is 4.90 Å². The zero-order chi connectivity index (χ0) is 21.8. The van der Waals surface area contributed by atoms with Gasteiger partial charge in [0.1, 0.15) is 6.10 Å². The number of allylic oxidation sites excluding steroid dienone is 1. The van der Waals surface area contributed by atoms with Crippen molar-refractivity contribution in [3.8, 4) is 0 Å². The Labute approximate surface area is 187 Å². The molecule has 168 valence electrons. The molecular formula is C27H38N2O2. The van der Waals surface area contributed by atoms with Crippen LogP contribution in [0.4, 0.5) is 5.69 Å². The smallest absolute Gasteiger partial charge is 0.310 e. The Hall–Kier alpha value is -1.81. The van der Waals surface area contributed by atoms with Gasteiger partial charge in [0, 0.05) is 43.8 Å². The highest BCUT2D eigenvalue weighted by Gasteiger charge is 2.55. The molecule has 0 radical (unpaired) electrons. The second kappa shape index (κ2) is 7.95. The molecule has 4 fully saturated rings. The highest BCUT2D eigenvalue weighted by Crippen LogP contribution is 2.57. The van der Waals surface area contributed by atoms with Crippen LogP contribution in [0.25, 0.3) is 0 Å². The highest BCUT2D eigenvalue weighted by molar-refractivity contribution is 5.75. The predicted octanol–water partition coefficient (Wildman–Crippen LogP) is 4.82. The molecule has 0 aromatic heterocycles. The van der Waals surface area contributed by atoms with Gasteiger partial charge in [0.05, 0.1) is 5.92 Å². The first-order valence-electron chi connectivity index (χ1n) is 12.3. The quantitative estimate of drug-likeness (QED) is 0.516. The summed E-state index contributed by atoms with van der Waals surface area (Å²) in [7, 11) is 0. The minimum Gasteiger partial charge on any atom is -0.462 e. The van der Waals surface area contributed by atoms with Gasteiger partial charge in [-0.05, 0) is 75.0 Å². The SMILES string of the molecule is C=C1CCC[C@]2(C)C[C@H]3OC(=O)[C@@H](CN4CCN(c5cccc(C)c5)C(C)C4)[C@H]3C[C@@H]12. The molecule has 2 aliphatic carbocycles. The van der Waals surface area contributed by atoms with Crippen LogP contribution in [0, 0.1) is 30.1 Å². The minimum absolute atomic E-state index is 0.0296. The van der Waals surface area contributed by atoms with Gasteiger partial charge >= 0.3 is 5.97 Å². The Balaban J connectivity index is 1.25. The summed E-state index contributed by atoms with van der Waals surface area (Å²) in [6, 6.07) is 9.24. The van der Waals surface area contributed by atoms with Gasteiger partial charge < -0.3 is 9.64 Å². The molecule has 2 heterocycles. The maximum Gasteiger partial charge on any atom is 0.310 e. The van der Waals surface area contributed by atoms with Crippen LogP contribution in [0.5, 0.6) is 0 Å². The number of fused-ring (bicyclic) bond motifs is 2. The number of hydrogen-bond acceptors (Lipinski definition) is 4. The summed E-state index contributed by atoms with van der Waals surface area (Å²) < 4.78 is 5.99. The van der Waals surface area contributed by atoms with E-state index in [0.29, 0.717) is 17.9 Å². The molecule has 0 amide bonds. The summed E-state index contributed by atoms with van der Waals surface area (Å²) in [4.78, 5) is 17.9. The van der Waals surface area contributed by atoms with Gasteiger partial charge in [-0.15, -0.1) is 0 Å². The number of nitrogens with zero attached hydrogens (tertiary/aromatic N) is 2. The number of hydrogen-bond donors (Lipinski definition) is 0. The summed E-state index contributed by atoms with van der Waals surface area (Å²) in [5.41, 5.74) is 4.32. The van der Waals surface area contributed by atoms with Crippen molar-refractivity contribution in [3.63, 3.8) is 0 Å². The molecule has 0 N–H and O–H groups in total. The average molecular weight is 423 g/mol. The molecule has 0 bridgehead atoms. The summed E-state index contributed by atoms with van der Waals surface area (Å²) >= 11 is 0. The molecule has 1 unspecified atom stereocenters. The molecule has 1 aromatic rings. The number of carbonyl (C=O) groups is 1. The van der Waals surface area contributed by atoms with Crippen LogP contribution < -0.4 is 4.90 Å². The van der Waals surface area contributed by atoms with Crippen LogP contribution >= 0.6 is 0 Å². The van der Waals surface area contributed by atoms with Gasteiger partial charge in [0.2, 0.25) is 0 Å². The van der Waals surface area contributed by atoms with Gasteiger partial charge in [0.25, 0.3) is 0 Å². The fourth-order valence-electron chi connectivity index (χ4n) is 7.13. The van der Waals surface area contributed by atoms with Crippen LogP contribution in [-0.2, 0) is 9.53 Å². The lowest BCUT2D eigenvalue weighted by Gasteiger charge is -2.50. The number of aryl methyl sites for hydroxylation is 1. The fraction of sp³-hybridized carbons (Fsp3) is 0.667. The standard InChI is InChI=1S/C27H38N2O2/c1-18-7-5-9-21(13-18)29-12-11-28(16-20(29)3)17-23-22-14-24-19(2)8-6-10-27(24,4)15-25(22)31-26(23)30/h5,7,9,13,20,22-25H,2,6,8,10-12,14-17H2,1,3-4H3/t20?,22-,23+,24+,25-,27-/m1/s1. The lowest BCUT2D eigenvalue weighted by atomic mass is 9.55. The van der Waals surface area contributed by atoms with E-state index < -0.39 is 0 Å². The minimum atomic E-state index is 0.0296. The summed E-state index contributed by atoms with van der Waals surface area (Å²) in [5.74, 6) is 1.01. The topological polar surface area (TPSA) is 32.8 Å². The molecule has 2 saturated heterocycles. The number of benzene rings is 1. The van der Waals surface area contributed by atoms with Crippen molar-refractivity contribution < 1.29 is 9.53 Å². The van der Waals surface area contributed by atoms with Crippen molar-refractivity contribution in [2.75, 3.05) is 31.1 Å². The zero-order valence-corrected chi connectivity index (χ0v) is 19.5. The number of anilines is 1. The molecule has 4 aliphatic rings. The molecule has 4 heteroatoms. The van der Waals surface area contributed by atoms with Gasteiger partial charge in [-0.25, -0.2) is 0 Å². The molecule has 6 atom stereocenters. The second-order valence-corrected chi connectivity index (χ2v) is 11.0. The molecule has 0 spiro atoms. The van der Waals surface area contributed by atoms with E-state index in [1.54, 1.807) is 0 Å². The molecular weight excluding hydrogens is 384 g/mol. The second-order valence-electron chi connectivity index (χ2n) is 11.0. The molecule has 1 aromatic carbocycles. The number of carbonyl (C=O) groups excluding carboxylic acids is 1. The molecule has 2 aliphatic heterocycles. The maximum atomic E-state index is 12.9. The number of rotatable bonds is 3. The molecule has 2 saturated carbocycles. The predicted molar refractivity (Wildman–Crippen MR) is 125 cm³/mol. The van der Waals surface area contributed by atoms with Crippen molar-refractivity contribution in [3.05, 3.63) is 42.0 Å². The van der Waals surface area contributed by atoms with Crippen LogP contribution in [0.15, 0.2) is 36.4 Å². The summed E-state index contributed by atoms with van der Waals surface area (Å²) in [6.07, 6.45) is 5.89. The van der Waals surface area contributed by atoms with Crippen molar-refractivity contribution in [2.45, 2.75) is 65.0 Å². The number of ether oxygens (including phenoxy) is 1. The van der Waals surface area contributed by atoms with Gasteiger partial charge in [-0.1, -0.05) is 31.2 Å². The molecule has 31 heavy (non-hydrogen) atoms. The normalized spacial score (nSPS) is 38.5. The van der Waals surface area contributed by atoms with Crippen molar-refractivity contribution >= 4 is 11.7 Å². The maximum absolute atomic E-state index is 12.9. The Kier molecular flexibility index (Phi) is 5.40. The Morgan fingerprint density at radius 3 is 2.90 bits per heavy atom. The van der Waals surface area contributed by atoms with E-state index in [2.05, 4.69) is 61.4 Å². The third-order valence-corrected chi connectivity index (χ3v) is 8.82. The van der Waals surface area contributed by atoms with E-state index in [9.17, 15) is 4.79 Å². The van der Waals surface area contributed by atoms with E-state index >= 15 is 0 Å². The van der Waals surface area contributed by atoms with Crippen LogP contribution in [0.2, 0.25) is 0 Å². The van der Waals surface area contributed by atoms with Crippen molar-refractivity contribution in [2.24, 2.45) is 23.2 Å². The van der Waals surface area contributed by atoms with E-state index in [-0.39, 0.29) is 23.4 Å². The van der Waals surface area contributed by atoms with E-state index in [4.69, 9.17) is 4.74 Å². The van der Waals surface area contributed by atoms with Crippen LogP contribution in [0.3, 0.4) is 0 Å². The summed E-state index contributed by atoms with van der Waals surface area (Å²) in [6.45, 7) is 15.2. The molecule has 4 nitrogen and oxygen atoms in total. The Bertz CT molecular complexity index is 867. The van der Waals surface area contributed by atoms with Crippen molar-refractivity contribution in [1.29, 1.82) is 0 Å². The van der Waals surface area contributed by atoms with Crippen LogP contribution in [0.1, 0.15) is 51.5 Å². The van der Waals surface area contributed by atoms with E-state index in [0.717, 1.165) is 45.4 Å². The number of piperazine rings is 1. The molecule has 5 rings (SSSR count). The lowest BCUT2D eigenvalue weighted by Crippen LogP contribution is -2.54. The van der Waals surface area contributed by atoms with Crippen LogP contribution in [-0.4, -0.2) is 49.2 Å². The first kappa shape index (κ1) is 21.1. The first-order chi connectivity index (χ1) is 14.8. The average Bonchev–Trinajstić information content (AvgIpc) is 3.00. The van der Waals surface area contributed by atoms with E-state index in [1.165, 1.54) is 29.7 Å². The monoisotopic (exact) mass is 422 g/mol. The third-order valence-electron chi connectivity index (χ3n) is 8.82. The van der Waals surface area contributed by atoms with E-state index in [1.807, 2.05) is 0 Å². The Morgan fingerprint density at radius 1 is 1.29 bits per heavy atom. The van der Waals surface area contributed by atoms with Gasteiger partial charge in [0.15, 0.2) is 0 Å². The Morgan fingerprint density at radius 2 is 2.13 bits per heavy atom. The third kappa shape index (κ3) is 3.82. The lowest BCUT2D eigenvalue weighted by molar-refractivity contribution is -0.146. The fourth-order valence-corrected chi connectivity index (χ4v) is 7.13. The number of esters is 1. The van der Waals surface area contributed by atoms with Gasteiger partial charge in [-0.2, -0.15) is 0 Å². The summed E-state index contributed by atoms with van der Waals surface area (Å²) in [5, 5.41) is 0. The zero-order valence-electron chi connectivity index (χ0n) is 19.5. The largest absolute Gasteiger partial charge is 0.462 e. The highest BCUT2D eigenvalue weighted by atomic mass is 16.6.